The first kappa shape index (κ1) is 12.3. The third-order valence-corrected chi connectivity index (χ3v) is 5.37. The summed E-state index contributed by atoms with van der Waals surface area (Å²) in [6.07, 6.45) is 1.24. The van der Waals surface area contributed by atoms with Crippen molar-refractivity contribution >= 4 is 35.3 Å². The molecule has 5 rings (SSSR count). The molecule has 0 fully saturated rings. The fourth-order valence-electron chi connectivity index (χ4n) is 4.15. The summed E-state index contributed by atoms with van der Waals surface area (Å²) < 4.78 is 0. The minimum absolute atomic E-state index is 0.607. The van der Waals surface area contributed by atoms with Crippen molar-refractivity contribution in [2.75, 3.05) is 0 Å². The predicted octanol–water partition coefficient (Wildman–Crippen LogP) is 1.55. The molecule has 3 aromatic carbocycles. The van der Waals surface area contributed by atoms with Gasteiger partial charge in [0.15, 0.2) is 0 Å². The topological polar surface area (TPSA) is 0 Å². The van der Waals surface area contributed by atoms with Crippen LogP contribution in [0.4, 0.5) is 0 Å². The van der Waals surface area contributed by atoms with Crippen molar-refractivity contribution in [2.24, 2.45) is 0 Å². The number of benzene rings is 3. The van der Waals surface area contributed by atoms with Crippen LogP contribution in [-0.2, 0) is 0 Å². The Balaban J connectivity index is 1.47. The minimum atomic E-state index is 0.607. The van der Waals surface area contributed by atoms with E-state index in [4.69, 9.17) is 0 Å². The van der Waals surface area contributed by atoms with Crippen LogP contribution < -0.4 is 21.9 Å². The molecule has 1 atom stereocenters. The molecule has 0 spiro atoms. The lowest BCUT2D eigenvalue weighted by Crippen LogP contribution is -2.23. The second kappa shape index (κ2) is 4.64. The van der Waals surface area contributed by atoms with E-state index in [-0.39, 0.29) is 0 Å². The summed E-state index contributed by atoms with van der Waals surface area (Å²) in [6.45, 7) is 1.31. The van der Waals surface area contributed by atoms with Crippen molar-refractivity contribution in [3.05, 3.63) is 84.4 Å². The molecule has 0 saturated carbocycles. The molecule has 0 bridgehead atoms. The Morgan fingerprint density at radius 1 is 0.591 bits per heavy atom. The smallest absolute Gasteiger partial charge is 0.0791 e. The van der Waals surface area contributed by atoms with Crippen LogP contribution in [0.15, 0.2) is 78.9 Å². The molecular formula is C20H16B2. The normalized spacial score (nSPS) is 15.1. The van der Waals surface area contributed by atoms with Crippen LogP contribution in [0.25, 0.3) is 0 Å². The average Bonchev–Trinajstić information content (AvgIpc) is 3.47. The molecule has 22 heavy (non-hydrogen) atoms. The zero-order valence-electron chi connectivity index (χ0n) is 12.4. The van der Waals surface area contributed by atoms with E-state index in [9.17, 15) is 0 Å². The maximum atomic E-state index is 2.30. The van der Waals surface area contributed by atoms with Crippen molar-refractivity contribution in [2.45, 2.75) is 12.1 Å². The molecule has 3 aromatic rings. The Kier molecular flexibility index (Phi) is 2.61. The van der Waals surface area contributed by atoms with E-state index < -0.39 is 0 Å². The molecular weight excluding hydrogens is 262 g/mol. The highest BCUT2D eigenvalue weighted by atomic mass is 14.2. The fraction of sp³-hybridized carbons (Fsp3) is 0.100. The molecule has 0 nitrogen and oxygen atoms in total. The van der Waals surface area contributed by atoms with Gasteiger partial charge in [-0.25, -0.2) is 0 Å². The van der Waals surface area contributed by atoms with Gasteiger partial charge in [0.25, 0.3) is 0 Å². The van der Waals surface area contributed by atoms with Crippen LogP contribution in [0.3, 0.4) is 0 Å². The Bertz CT molecular complexity index is 795. The number of hydrogen-bond donors (Lipinski definition) is 0. The molecule has 0 radical (unpaired) electrons. The highest BCUT2D eigenvalue weighted by Gasteiger charge is 2.47. The van der Waals surface area contributed by atoms with Crippen LogP contribution in [0.2, 0.25) is 6.32 Å². The molecule has 0 aromatic heterocycles. The Hall–Kier alpha value is -2.21. The van der Waals surface area contributed by atoms with E-state index in [0.717, 1.165) is 0 Å². The van der Waals surface area contributed by atoms with Gasteiger partial charge in [-0.15, -0.1) is 0 Å². The predicted molar refractivity (Wildman–Crippen MR) is 96.9 cm³/mol. The van der Waals surface area contributed by atoms with E-state index in [2.05, 4.69) is 78.9 Å². The van der Waals surface area contributed by atoms with Gasteiger partial charge in [0.1, 0.15) is 0 Å². The van der Waals surface area contributed by atoms with Gasteiger partial charge in [-0.3, -0.25) is 0 Å². The first-order valence-electron chi connectivity index (χ1n) is 8.16. The first-order chi connectivity index (χ1) is 10.9. The van der Waals surface area contributed by atoms with Gasteiger partial charge >= 0.3 is 0 Å². The minimum Gasteiger partial charge on any atom is -0.0791 e. The summed E-state index contributed by atoms with van der Waals surface area (Å²) in [6, 6.07) is 28.9. The van der Waals surface area contributed by atoms with Crippen molar-refractivity contribution in [3.8, 4) is 0 Å². The zero-order chi connectivity index (χ0) is 14.5. The maximum Gasteiger partial charge on any atom is 0.214 e. The second-order valence-electron chi connectivity index (χ2n) is 6.54. The van der Waals surface area contributed by atoms with Gasteiger partial charge in [0.2, 0.25) is 13.4 Å². The number of hydrogen-bond acceptors (Lipinski definition) is 0. The molecule has 2 heterocycles. The molecule has 2 aliphatic heterocycles. The Labute approximate surface area is 132 Å². The molecule has 0 amide bonds. The van der Waals surface area contributed by atoms with E-state index in [1.54, 1.807) is 21.9 Å². The largest absolute Gasteiger partial charge is 0.214 e. The third kappa shape index (κ3) is 1.87. The highest BCUT2D eigenvalue weighted by molar-refractivity contribution is 7.06. The van der Waals surface area contributed by atoms with Crippen LogP contribution >= 0.6 is 0 Å². The molecule has 102 valence electrons. The van der Waals surface area contributed by atoms with Crippen LogP contribution in [-0.4, -0.2) is 13.4 Å². The molecule has 0 N–H and O–H groups in total. The van der Waals surface area contributed by atoms with Gasteiger partial charge in [0, 0.05) is 0 Å². The average molecular weight is 278 g/mol. The lowest BCUT2D eigenvalue weighted by molar-refractivity contribution is 1.06. The van der Waals surface area contributed by atoms with E-state index in [1.807, 2.05) is 0 Å². The van der Waals surface area contributed by atoms with Crippen LogP contribution in [0.5, 0.6) is 0 Å². The van der Waals surface area contributed by atoms with E-state index in [0.29, 0.717) is 19.2 Å². The summed E-state index contributed by atoms with van der Waals surface area (Å²) in [5, 5.41) is 0. The van der Waals surface area contributed by atoms with Crippen molar-refractivity contribution < 1.29 is 0 Å². The maximum absolute atomic E-state index is 2.30. The molecule has 0 aliphatic carbocycles. The summed E-state index contributed by atoms with van der Waals surface area (Å²) in [5.41, 5.74) is 7.73. The number of rotatable bonds is 4. The first-order valence-corrected chi connectivity index (χ1v) is 8.16. The quantitative estimate of drug-likeness (QED) is 0.635. The molecule has 2 heteroatoms. The monoisotopic (exact) mass is 278 g/mol. The van der Waals surface area contributed by atoms with Crippen LogP contribution in [0, 0.1) is 0 Å². The van der Waals surface area contributed by atoms with Gasteiger partial charge < -0.3 is 0 Å². The van der Waals surface area contributed by atoms with Gasteiger partial charge in [-0.05, 0) is 5.82 Å². The molecule has 2 aliphatic rings. The molecule has 0 saturated heterocycles. The Morgan fingerprint density at radius 2 is 1.09 bits per heavy atom. The van der Waals surface area contributed by atoms with Crippen molar-refractivity contribution in [1.29, 1.82) is 0 Å². The van der Waals surface area contributed by atoms with Crippen molar-refractivity contribution in [1.82, 2.24) is 0 Å². The fourth-order valence-corrected chi connectivity index (χ4v) is 4.15. The summed E-state index contributed by atoms with van der Waals surface area (Å²) >= 11 is 0. The van der Waals surface area contributed by atoms with Gasteiger partial charge in [-0.2, -0.15) is 0 Å². The standard InChI is InChI=1S/C20H16B2/c1-2-8-15(9-3-1)20(22-18-12-6-7-13-19(18)22)14-21-16-10-4-5-11-17(16)21/h1-13,20H,14H2. The van der Waals surface area contributed by atoms with Gasteiger partial charge in [0.05, 0.1) is 0 Å². The molecule has 1 unspecified atom stereocenters. The Morgan fingerprint density at radius 3 is 1.68 bits per heavy atom. The van der Waals surface area contributed by atoms with Crippen molar-refractivity contribution in [3.63, 3.8) is 0 Å². The highest BCUT2D eigenvalue weighted by Crippen LogP contribution is 2.30. The number of fused-ring (bicyclic) bond motifs is 2. The summed E-state index contributed by atoms with van der Waals surface area (Å²) in [4.78, 5) is 0. The summed E-state index contributed by atoms with van der Waals surface area (Å²) in [5.74, 6) is 0.607. The third-order valence-electron chi connectivity index (χ3n) is 5.37. The van der Waals surface area contributed by atoms with E-state index in [1.165, 1.54) is 11.9 Å². The van der Waals surface area contributed by atoms with Gasteiger partial charge in [-0.1, -0.05) is 113 Å². The van der Waals surface area contributed by atoms with Crippen LogP contribution in [0.1, 0.15) is 11.4 Å². The summed E-state index contributed by atoms with van der Waals surface area (Å²) in [7, 11) is 0. The lowest BCUT2D eigenvalue weighted by Gasteiger charge is -2.15. The van der Waals surface area contributed by atoms with E-state index >= 15 is 0 Å². The SMILES string of the molecule is c1ccc(C(CB2c3ccccc32)B2c3ccccc32)cc1. The second-order valence-corrected chi connectivity index (χ2v) is 6.54. The zero-order valence-corrected chi connectivity index (χ0v) is 12.4. The lowest BCUT2D eigenvalue weighted by atomic mass is 9.42.